The first-order valence-corrected chi connectivity index (χ1v) is 13.3. The molecular formula is C24H21ClFN5O3S. The molecule has 1 saturated carbocycles. The molecule has 2 fully saturated rings. The molecule has 6 rings (SSSR count). The number of hydrogen-bond donors (Lipinski definition) is 1. The second-order valence-corrected chi connectivity index (χ2v) is 12.0. The molecule has 2 aliphatic rings. The molecule has 1 aromatic carbocycles. The normalized spacial score (nSPS) is 18.4. The second-order valence-electron chi connectivity index (χ2n) is 9.56. The van der Waals surface area contributed by atoms with E-state index in [4.69, 9.17) is 11.6 Å². The largest absolute Gasteiger partial charge is 0.349 e. The van der Waals surface area contributed by atoms with Crippen LogP contribution < -0.4 is 5.32 Å². The molecule has 0 radical (unpaired) electrons. The van der Waals surface area contributed by atoms with Gasteiger partial charge in [0.25, 0.3) is 5.91 Å². The summed E-state index contributed by atoms with van der Waals surface area (Å²) in [5.41, 5.74) is 2.83. The second kappa shape index (κ2) is 7.63. The molecule has 11 heteroatoms. The van der Waals surface area contributed by atoms with Crippen LogP contribution in [-0.4, -0.2) is 51.0 Å². The van der Waals surface area contributed by atoms with Gasteiger partial charge in [0, 0.05) is 42.0 Å². The number of carbonyl (C=O) groups excluding carboxylic acids is 1. The van der Waals surface area contributed by atoms with Crippen molar-refractivity contribution in [2.45, 2.75) is 18.9 Å². The van der Waals surface area contributed by atoms with E-state index in [9.17, 15) is 17.6 Å². The van der Waals surface area contributed by atoms with Crippen molar-refractivity contribution >= 4 is 33.0 Å². The summed E-state index contributed by atoms with van der Waals surface area (Å²) in [5, 5.41) is 7.13. The molecule has 0 unspecified atom stereocenters. The lowest BCUT2D eigenvalue weighted by Gasteiger charge is -2.53. The number of aromatic nitrogens is 4. The van der Waals surface area contributed by atoms with Crippen LogP contribution in [0.1, 0.15) is 23.2 Å². The number of imidazole rings is 1. The lowest BCUT2D eigenvalue weighted by Crippen LogP contribution is -2.62. The lowest BCUT2D eigenvalue weighted by molar-refractivity contribution is 0.0782. The number of nitrogens with one attached hydrogen (secondary N) is 1. The predicted molar refractivity (Wildman–Crippen MR) is 129 cm³/mol. The fourth-order valence-corrected chi connectivity index (χ4v) is 7.92. The highest BCUT2D eigenvalue weighted by Crippen LogP contribution is 2.50. The van der Waals surface area contributed by atoms with Gasteiger partial charge in [0.15, 0.2) is 9.84 Å². The van der Waals surface area contributed by atoms with Crippen molar-refractivity contribution in [3.05, 3.63) is 65.5 Å². The average molecular weight is 514 g/mol. The zero-order valence-corrected chi connectivity index (χ0v) is 20.3. The minimum Gasteiger partial charge on any atom is -0.349 e. The molecule has 1 N–H and O–H groups in total. The quantitative estimate of drug-likeness (QED) is 0.450. The van der Waals surface area contributed by atoms with Crippen LogP contribution in [-0.2, 0) is 16.9 Å². The zero-order chi connectivity index (χ0) is 24.5. The van der Waals surface area contributed by atoms with Gasteiger partial charge >= 0.3 is 0 Å². The number of hydrogen-bond acceptors (Lipinski definition) is 5. The zero-order valence-electron chi connectivity index (χ0n) is 18.7. The van der Waals surface area contributed by atoms with Gasteiger partial charge in [-0.25, -0.2) is 13.4 Å². The van der Waals surface area contributed by atoms with Gasteiger partial charge in [-0.05, 0) is 30.5 Å². The molecule has 0 bridgehead atoms. The smallest absolute Gasteiger partial charge is 0.251 e. The standard InChI is InChI=1S/C24H21ClFN5O3S/c1-30-11-18(22(26)29-30)16-4-2-3-5-17(16)20-21(25)31-7-6-14(8-19(31)28-20)23(32)27-15-9-24(10-15)12-35(33,34)13-24/h2-8,11,15H,9-10,12-13H2,1H3,(H,27,32). The van der Waals surface area contributed by atoms with E-state index in [1.54, 1.807) is 48.1 Å². The van der Waals surface area contributed by atoms with Crippen LogP contribution in [0.2, 0.25) is 5.15 Å². The van der Waals surface area contributed by atoms with Crippen LogP contribution >= 0.6 is 11.6 Å². The van der Waals surface area contributed by atoms with Gasteiger partial charge in [0.2, 0.25) is 5.95 Å². The number of nitrogens with zero attached hydrogens (tertiary/aromatic N) is 4. The number of pyridine rings is 1. The molecule has 1 amide bonds. The molecule has 4 heterocycles. The summed E-state index contributed by atoms with van der Waals surface area (Å²) in [5.74, 6) is -0.389. The third-order valence-corrected chi connectivity index (χ3v) is 9.30. The van der Waals surface area contributed by atoms with Gasteiger partial charge in [-0.3, -0.25) is 13.9 Å². The third-order valence-electron chi connectivity index (χ3n) is 6.83. The Morgan fingerprint density at radius 2 is 1.89 bits per heavy atom. The number of fused-ring (bicyclic) bond motifs is 1. The molecule has 3 aromatic heterocycles. The summed E-state index contributed by atoms with van der Waals surface area (Å²) in [6, 6.07) is 10.5. The molecule has 1 aliphatic heterocycles. The molecule has 0 atom stereocenters. The van der Waals surface area contributed by atoms with Gasteiger partial charge in [0.05, 0.1) is 17.1 Å². The molecule has 4 aromatic rings. The average Bonchev–Trinajstić information content (AvgIpc) is 3.28. The Hall–Kier alpha value is -3.24. The van der Waals surface area contributed by atoms with Crippen molar-refractivity contribution in [3.8, 4) is 22.4 Å². The van der Waals surface area contributed by atoms with Gasteiger partial charge in [0.1, 0.15) is 16.5 Å². The van der Waals surface area contributed by atoms with Gasteiger partial charge in [-0.15, -0.1) is 5.10 Å². The van der Waals surface area contributed by atoms with E-state index in [1.165, 1.54) is 4.68 Å². The summed E-state index contributed by atoms with van der Waals surface area (Å²) in [6.07, 6.45) is 4.64. The van der Waals surface area contributed by atoms with E-state index in [-0.39, 0.29) is 28.9 Å². The number of amides is 1. The highest BCUT2D eigenvalue weighted by Gasteiger charge is 2.56. The first kappa shape index (κ1) is 22.2. The Bertz CT molecular complexity index is 1610. The maximum atomic E-state index is 14.4. The van der Waals surface area contributed by atoms with E-state index < -0.39 is 15.8 Å². The minimum absolute atomic E-state index is 0.0330. The number of aryl methyl sites for hydroxylation is 1. The summed E-state index contributed by atoms with van der Waals surface area (Å²) in [4.78, 5) is 17.5. The van der Waals surface area contributed by atoms with E-state index in [0.717, 1.165) is 0 Å². The highest BCUT2D eigenvalue weighted by molar-refractivity contribution is 7.92. The predicted octanol–water partition coefficient (Wildman–Crippen LogP) is 3.50. The number of halogens is 2. The van der Waals surface area contributed by atoms with E-state index >= 15 is 0 Å². The Morgan fingerprint density at radius 1 is 1.17 bits per heavy atom. The lowest BCUT2D eigenvalue weighted by atomic mass is 9.67. The third kappa shape index (κ3) is 3.71. The number of rotatable bonds is 4. The maximum absolute atomic E-state index is 14.4. The monoisotopic (exact) mass is 513 g/mol. The van der Waals surface area contributed by atoms with Crippen molar-refractivity contribution < 1.29 is 17.6 Å². The van der Waals surface area contributed by atoms with E-state index in [0.29, 0.717) is 51.6 Å². The van der Waals surface area contributed by atoms with Crippen LogP contribution in [0.15, 0.2) is 48.8 Å². The molecule has 35 heavy (non-hydrogen) atoms. The summed E-state index contributed by atoms with van der Waals surface area (Å²) in [6.45, 7) is 0. The highest BCUT2D eigenvalue weighted by atomic mass is 35.5. The van der Waals surface area contributed by atoms with Gasteiger partial charge in [-0.1, -0.05) is 35.9 Å². The fraction of sp³-hybridized carbons (Fsp3) is 0.292. The molecule has 1 spiro atoms. The first-order valence-electron chi connectivity index (χ1n) is 11.1. The Kier molecular flexibility index (Phi) is 4.85. The van der Waals surface area contributed by atoms with Gasteiger partial charge in [-0.2, -0.15) is 4.39 Å². The molecule has 1 aliphatic carbocycles. The number of benzene rings is 1. The summed E-state index contributed by atoms with van der Waals surface area (Å²) < 4.78 is 40.5. The first-order chi connectivity index (χ1) is 16.6. The van der Waals surface area contributed by atoms with Crippen LogP contribution in [0.25, 0.3) is 28.0 Å². The van der Waals surface area contributed by atoms with Crippen LogP contribution in [0.4, 0.5) is 4.39 Å². The number of sulfone groups is 1. The van der Waals surface area contributed by atoms with Crippen LogP contribution in [0.3, 0.4) is 0 Å². The van der Waals surface area contributed by atoms with Crippen LogP contribution in [0, 0.1) is 11.4 Å². The topological polar surface area (TPSA) is 98.4 Å². The van der Waals surface area contributed by atoms with Crippen LogP contribution in [0.5, 0.6) is 0 Å². The Balaban J connectivity index is 1.28. The number of carbonyl (C=O) groups is 1. The fourth-order valence-electron chi connectivity index (χ4n) is 5.38. The van der Waals surface area contributed by atoms with Crippen molar-refractivity contribution in [1.82, 2.24) is 24.5 Å². The minimum atomic E-state index is -2.89. The SMILES string of the molecule is Cn1cc(-c2ccccc2-c2nc3cc(C(=O)NC4CC5(C4)CS(=O)(=O)C5)ccn3c2Cl)c(F)n1. The Labute approximate surface area is 205 Å². The molecule has 180 valence electrons. The van der Waals surface area contributed by atoms with E-state index in [1.807, 2.05) is 12.1 Å². The van der Waals surface area contributed by atoms with Crippen molar-refractivity contribution in [2.75, 3.05) is 11.5 Å². The summed E-state index contributed by atoms with van der Waals surface area (Å²) in [7, 11) is -1.24. The summed E-state index contributed by atoms with van der Waals surface area (Å²) >= 11 is 6.66. The van der Waals surface area contributed by atoms with Gasteiger partial charge < -0.3 is 5.32 Å². The van der Waals surface area contributed by atoms with Crippen molar-refractivity contribution in [3.63, 3.8) is 0 Å². The molecular weight excluding hydrogens is 493 g/mol. The van der Waals surface area contributed by atoms with E-state index in [2.05, 4.69) is 15.4 Å². The molecule has 1 saturated heterocycles. The van der Waals surface area contributed by atoms with Crippen molar-refractivity contribution in [2.24, 2.45) is 12.5 Å². The van der Waals surface area contributed by atoms with Crippen molar-refractivity contribution in [1.29, 1.82) is 0 Å². The Morgan fingerprint density at radius 3 is 2.54 bits per heavy atom. The molecule has 8 nitrogen and oxygen atoms in total. The maximum Gasteiger partial charge on any atom is 0.251 e.